The zero-order valence-corrected chi connectivity index (χ0v) is 17.5. The third-order valence-corrected chi connectivity index (χ3v) is 5.94. The molecule has 2 heterocycles. The summed E-state index contributed by atoms with van der Waals surface area (Å²) in [5, 5.41) is 7.64. The number of nitrogens with zero attached hydrogens (tertiary/aromatic N) is 2. The summed E-state index contributed by atoms with van der Waals surface area (Å²) in [6, 6.07) is 21.7. The molecule has 0 radical (unpaired) electrons. The maximum Gasteiger partial charge on any atom is 0.215 e. The minimum atomic E-state index is -0.441. The van der Waals surface area contributed by atoms with Crippen molar-refractivity contribution in [3.63, 3.8) is 0 Å². The molecule has 0 spiro atoms. The minimum absolute atomic E-state index is 0.0298. The molecule has 5 rings (SSSR count). The Kier molecular flexibility index (Phi) is 4.75. The molecule has 3 aromatic carbocycles. The van der Waals surface area contributed by atoms with Gasteiger partial charge >= 0.3 is 0 Å². The van der Waals surface area contributed by atoms with E-state index in [4.69, 9.17) is 30.9 Å². The van der Waals surface area contributed by atoms with Crippen LogP contribution in [0.4, 0.5) is 0 Å². The Bertz CT molecular complexity index is 1110. The van der Waals surface area contributed by atoms with Gasteiger partial charge in [-0.3, -0.25) is 0 Å². The second kappa shape index (κ2) is 7.58. The number of ether oxygens (including phenoxy) is 3. The van der Waals surface area contributed by atoms with E-state index in [9.17, 15) is 0 Å². The SMILES string of the molecule is COc1ccc(C2=NN3[C@@H](C2)c2cccc(OC)c2O[C@H]3c2ccccc2Cl)cc1. The standard InChI is InChI=1S/C24H21ClN2O3/c1-28-16-12-10-15(11-13-16)20-14-21-18-7-5-9-22(29-2)23(18)30-24(27(21)26-20)17-6-3-4-8-19(17)25/h3-13,21,24H,14H2,1-2H3/t21-,24-/m0/s1. The van der Waals surface area contributed by atoms with Crippen molar-refractivity contribution in [1.29, 1.82) is 0 Å². The van der Waals surface area contributed by atoms with E-state index < -0.39 is 6.23 Å². The number of benzene rings is 3. The van der Waals surface area contributed by atoms with Crippen LogP contribution >= 0.6 is 11.6 Å². The molecule has 2 aliphatic heterocycles. The Labute approximate surface area is 180 Å². The first-order valence-electron chi connectivity index (χ1n) is 9.78. The molecule has 5 nitrogen and oxygen atoms in total. The van der Waals surface area contributed by atoms with Crippen LogP contribution in [0, 0.1) is 0 Å². The molecule has 2 aliphatic rings. The lowest BCUT2D eigenvalue weighted by atomic mass is 9.95. The summed E-state index contributed by atoms with van der Waals surface area (Å²) in [5.74, 6) is 2.28. The minimum Gasteiger partial charge on any atom is -0.497 e. The van der Waals surface area contributed by atoms with Crippen molar-refractivity contribution < 1.29 is 14.2 Å². The molecule has 0 aliphatic carbocycles. The molecule has 0 saturated heterocycles. The molecule has 0 unspecified atom stereocenters. The van der Waals surface area contributed by atoms with E-state index in [0.29, 0.717) is 10.8 Å². The van der Waals surface area contributed by atoms with Crippen molar-refractivity contribution in [3.8, 4) is 17.2 Å². The lowest BCUT2D eigenvalue weighted by molar-refractivity contribution is -0.0208. The normalized spacial score (nSPS) is 19.4. The predicted molar refractivity (Wildman–Crippen MR) is 117 cm³/mol. The van der Waals surface area contributed by atoms with Crippen molar-refractivity contribution >= 4 is 17.3 Å². The van der Waals surface area contributed by atoms with Gasteiger partial charge in [-0.25, -0.2) is 5.01 Å². The summed E-state index contributed by atoms with van der Waals surface area (Å²) in [6.07, 6.45) is 0.319. The van der Waals surface area contributed by atoms with Gasteiger partial charge in [0.05, 0.1) is 26.0 Å². The largest absolute Gasteiger partial charge is 0.497 e. The van der Waals surface area contributed by atoms with Crippen LogP contribution in [0.15, 0.2) is 71.8 Å². The third kappa shape index (κ3) is 3.06. The lowest BCUT2D eigenvalue weighted by Gasteiger charge is -2.38. The van der Waals surface area contributed by atoms with Crippen LogP contribution in [0.3, 0.4) is 0 Å². The average molecular weight is 421 g/mol. The number of methoxy groups -OCH3 is 2. The summed E-state index contributed by atoms with van der Waals surface area (Å²) in [5.41, 5.74) is 4.00. The van der Waals surface area contributed by atoms with E-state index in [-0.39, 0.29) is 6.04 Å². The van der Waals surface area contributed by atoms with Crippen molar-refractivity contribution in [2.24, 2.45) is 5.10 Å². The maximum atomic E-state index is 6.54. The highest BCUT2D eigenvalue weighted by atomic mass is 35.5. The van der Waals surface area contributed by atoms with Crippen molar-refractivity contribution in [2.75, 3.05) is 14.2 Å². The van der Waals surface area contributed by atoms with E-state index in [2.05, 4.69) is 6.07 Å². The average Bonchev–Trinajstić information content (AvgIpc) is 3.24. The van der Waals surface area contributed by atoms with Crippen LogP contribution in [0.25, 0.3) is 0 Å². The van der Waals surface area contributed by atoms with Crippen LogP contribution in [-0.2, 0) is 0 Å². The van der Waals surface area contributed by atoms with E-state index in [0.717, 1.165) is 40.3 Å². The molecule has 3 aromatic rings. The number of halogens is 1. The summed E-state index contributed by atoms with van der Waals surface area (Å²) >= 11 is 6.54. The molecule has 0 saturated carbocycles. The Morgan fingerprint density at radius 3 is 2.43 bits per heavy atom. The van der Waals surface area contributed by atoms with Gasteiger partial charge in [0, 0.05) is 22.6 Å². The number of para-hydroxylation sites is 1. The van der Waals surface area contributed by atoms with Gasteiger partial charge in [-0.2, -0.15) is 5.10 Å². The zero-order valence-electron chi connectivity index (χ0n) is 16.7. The lowest BCUT2D eigenvalue weighted by Crippen LogP contribution is -2.34. The summed E-state index contributed by atoms with van der Waals surface area (Å²) in [7, 11) is 3.32. The fraction of sp³-hybridized carbons (Fsp3) is 0.208. The van der Waals surface area contributed by atoms with Gasteiger partial charge in [0.25, 0.3) is 0 Å². The predicted octanol–water partition coefficient (Wildman–Crippen LogP) is 5.60. The summed E-state index contributed by atoms with van der Waals surface area (Å²) in [4.78, 5) is 0. The molecular weight excluding hydrogens is 400 g/mol. The van der Waals surface area contributed by atoms with Crippen molar-refractivity contribution in [3.05, 3.63) is 88.4 Å². The number of hydrogen-bond donors (Lipinski definition) is 0. The number of fused-ring (bicyclic) bond motifs is 3. The Hall–Kier alpha value is -3.18. The molecule has 0 aromatic heterocycles. The highest BCUT2D eigenvalue weighted by molar-refractivity contribution is 6.31. The molecule has 152 valence electrons. The molecule has 0 N–H and O–H groups in total. The van der Waals surface area contributed by atoms with Crippen molar-refractivity contribution in [1.82, 2.24) is 5.01 Å². The number of rotatable bonds is 4. The third-order valence-electron chi connectivity index (χ3n) is 5.59. The summed E-state index contributed by atoms with van der Waals surface area (Å²) in [6.45, 7) is 0. The second-order valence-electron chi connectivity index (χ2n) is 7.25. The van der Waals surface area contributed by atoms with E-state index in [1.54, 1.807) is 14.2 Å². The highest BCUT2D eigenvalue weighted by Crippen LogP contribution is 2.51. The fourth-order valence-electron chi connectivity index (χ4n) is 4.08. The van der Waals surface area contributed by atoms with E-state index >= 15 is 0 Å². The van der Waals surface area contributed by atoms with Crippen LogP contribution in [0.5, 0.6) is 17.2 Å². The van der Waals surface area contributed by atoms with Gasteiger partial charge < -0.3 is 14.2 Å². The molecule has 30 heavy (non-hydrogen) atoms. The van der Waals surface area contributed by atoms with Gasteiger partial charge in [-0.15, -0.1) is 0 Å². The zero-order chi connectivity index (χ0) is 20.7. The van der Waals surface area contributed by atoms with E-state index in [1.165, 1.54) is 0 Å². The summed E-state index contributed by atoms with van der Waals surface area (Å²) < 4.78 is 17.3. The maximum absolute atomic E-state index is 6.54. The van der Waals surface area contributed by atoms with E-state index in [1.807, 2.05) is 65.7 Å². The fourth-order valence-corrected chi connectivity index (χ4v) is 4.31. The van der Waals surface area contributed by atoms with Crippen LogP contribution in [0.2, 0.25) is 5.02 Å². The molecular formula is C24H21ClN2O3. The molecule has 0 amide bonds. The topological polar surface area (TPSA) is 43.3 Å². The Morgan fingerprint density at radius 2 is 1.70 bits per heavy atom. The Morgan fingerprint density at radius 1 is 0.933 bits per heavy atom. The second-order valence-corrected chi connectivity index (χ2v) is 7.65. The van der Waals surface area contributed by atoms with Gasteiger partial charge in [-0.05, 0) is 42.0 Å². The number of hydrazone groups is 1. The molecule has 0 bridgehead atoms. The molecule has 0 fully saturated rings. The van der Waals surface area contributed by atoms with Crippen LogP contribution in [-0.4, -0.2) is 24.9 Å². The first-order chi connectivity index (χ1) is 14.7. The Balaban J connectivity index is 1.61. The van der Waals surface area contributed by atoms with Gasteiger partial charge in [0.2, 0.25) is 6.23 Å². The van der Waals surface area contributed by atoms with Crippen LogP contribution < -0.4 is 14.2 Å². The van der Waals surface area contributed by atoms with Crippen molar-refractivity contribution in [2.45, 2.75) is 18.7 Å². The smallest absolute Gasteiger partial charge is 0.215 e. The quantitative estimate of drug-likeness (QED) is 0.551. The monoisotopic (exact) mass is 420 g/mol. The highest BCUT2D eigenvalue weighted by Gasteiger charge is 2.42. The first-order valence-corrected chi connectivity index (χ1v) is 10.2. The number of hydrogen-bond acceptors (Lipinski definition) is 5. The van der Waals surface area contributed by atoms with Gasteiger partial charge in [0.15, 0.2) is 11.5 Å². The first kappa shape index (κ1) is 18.8. The van der Waals surface area contributed by atoms with Gasteiger partial charge in [-0.1, -0.05) is 41.9 Å². The van der Waals surface area contributed by atoms with Gasteiger partial charge in [0.1, 0.15) is 5.75 Å². The van der Waals surface area contributed by atoms with Crippen LogP contribution in [0.1, 0.15) is 35.4 Å². The molecule has 6 heteroatoms. The molecule has 2 atom stereocenters.